The molecule has 0 saturated carbocycles. The summed E-state index contributed by atoms with van der Waals surface area (Å²) in [6.07, 6.45) is 9.31. The van der Waals surface area contributed by atoms with Crippen molar-refractivity contribution in [2.75, 3.05) is 32.7 Å². The van der Waals surface area contributed by atoms with E-state index in [1.54, 1.807) is 0 Å². The minimum absolute atomic E-state index is 0.353. The van der Waals surface area contributed by atoms with E-state index in [0.29, 0.717) is 11.9 Å². The van der Waals surface area contributed by atoms with Gasteiger partial charge in [0.1, 0.15) is 0 Å². The van der Waals surface area contributed by atoms with Crippen LogP contribution in [0.15, 0.2) is 0 Å². The highest BCUT2D eigenvalue weighted by atomic mass is 16.2. The number of carbonyl (C=O) groups excluding carboxylic acids is 1. The van der Waals surface area contributed by atoms with Crippen molar-refractivity contribution in [3.63, 3.8) is 0 Å². The Morgan fingerprint density at radius 2 is 1.62 bits per heavy atom. The molecular weight excluding hydrogens is 262 g/mol. The van der Waals surface area contributed by atoms with E-state index >= 15 is 0 Å². The zero-order valence-corrected chi connectivity index (χ0v) is 14.1. The van der Waals surface area contributed by atoms with Crippen LogP contribution >= 0.6 is 0 Å². The summed E-state index contributed by atoms with van der Waals surface area (Å²) in [6, 6.07) is 0.487. The van der Waals surface area contributed by atoms with Crippen LogP contribution in [0.3, 0.4) is 0 Å². The van der Waals surface area contributed by atoms with E-state index in [9.17, 15) is 4.79 Å². The Hall–Kier alpha value is -0.610. The molecule has 2 N–H and O–H groups in total. The summed E-state index contributed by atoms with van der Waals surface area (Å²) in [5.74, 6) is 0.353. The number of hydrogen-bond acceptors (Lipinski definition) is 3. The fraction of sp³-hybridized carbons (Fsp3) is 0.941. The molecule has 1 saturated heterocycles. The lowest BCUT2D eigenvalue weighted by Gasteiger charge is -2.38. The van der Waals surface area contributed by atoms with Crippen LogP contribution in [0, 0.1) is 0 Å². The van der Waals surface area contributed by atoms with Gasteiger partial charge < -0.3 is 10.6 Å². The Bertz CT molecular complexity index is 271. The second-order valence-electron chi connectivity index (χ2n) is 6.23. The minimum atomic E-state index is 0.353. The Balaban J connectivity index is 2.14. The number of nitrogens with two attached hydrogens (primary N) is 1. The molecule has 0 bridgehead atoms. The van der Waals surface area contributed by atoms with E-state index in [1.807, 2.05) is 4.90 Å². The third-order valence-corrected chi connectivity index (χ3v) is 4.67. The Morgan fingerprint density at radius 1 is 1.00 bits per heavy atom. The van der Waals surface area contributed by atoms with Crippen molar-refractivity contribution >= 4 is 5.91 Å². The molecule has 4 nitrogen and oxygen atoms in total. The van der Waals surface area contributed by atoms with Crippen LogP contribution in [0.5, 0.6) is 0 Å². The summed E-state index contributed by atoms with van der Waals surface area (Å²) in [4.78, 5) is 16.7. The normalized spacial score (nSPS) is 18.0. The first-order chi connectivity index (χ1) is 10.2. The summed E-state index contributed by atoms with van der Waals surface area (Å²) in [5, 5.41) is 0. The monoisotopic (exact) mass is 297 g/mol. The van der Waals surface area contributed by atoms with Crippen molar-refractivity contribution < 1.29 is 4.79 Å². The van der Waals surface area contributed by atoms with Gasteiger partial charge in [-0.2, -0.15) is 0 Å². The van der Waals surface area contributed by atoms with Gasteiger partial charge in [0.25, 0.3) is 0 Å². The fourth-order valence-electron chi connectivity index (χ4n) is 3.13. The highest BCUT2D eigenvalue weighted by Gasteiger charge is 2.24. The molecule has 1 rings (SSSR count). The van der Waals surface area contributed by atoms with Crippen LogP contribution in [-0.4, -0.2) is 54.5 Å². The molecule has 1 aliphatic rings. The van der Waals surface area contributed by atoms with Gasteiger partial charge in [0.2, 0.25) is 5.91 Å². The molecule has 0 aliphatic carbocycles. The zero-order chi connectivity index (χ0) is 15.5. The van der Waals surface area contributed by atoms with Crippen LogP contribution < -0.4 is 5.73 Å². The number of nitrogens with zero attached hydrogens (tertiary/aromatic N) is 2. The molecule has 1 unspecified atom stereocenters. The summed E-state index contributed by atoms with van der Waals surface area (Å²) < 4.78 is 0. The lowest BCUT2D eigenvalue weighted by atomic mass is 10.1. The van der Waals surface area contributed by atoms with Crippen LogP contribution in [0.2, 0.25) is 0 Å². The van der Waals surface area contributed by atoms with E-state index in [-0.39, 0.29) is 0 Å². The minimum Gasteiger partial charge on any atom is -0.340 e. The number of carbonyl (C=O) groups is 1. The molecule has 1 amide bonds. The number of rotatable bonds is 10. The Morgan fingerprint density at radius 3 is 2.19 bits per heavy atom. The number of amides is 1. The maximum atomic E-state index is 12.2. The van der Waals surface area contributed by atoms with Crippen molar-refractivity contribution in [1.29, 1.82) is 0 Å². The van der Waals surface area contributed by atoms with Gasteiger partial charge >= 0.3 is 0 Å². The van der Waals surface area contributed by atoms with Gasteiger partial charge in [-0.05, 0) is 12.8 Å². The number of unbranched alkanes of at least 4 members (excludes halogenated alkanes) is 5. The average Bonchev–Trinajstić information content (AvgIpc) is 2.52. The molecule has 21 heavy (non-hydrogen) atoms. The van der Waals surface area contributed by atoms with E-state index in [4.69, 9.17) is 5.73 Å². The van der Waals surface area contributed by atoms with Gasteiger partial charge in [0.15, 0.2) is 0 Å². The standard InChI is InChI=1S/C17H35N3O/c1-3-5-6-7-8-9-10-17(21)20-13-11-19(12-14-20)16(4-2)15-18/h16H,3-15,18H2,1-2H3. The van der Waals surface area contributed by atoms with Crippen molar-refractivity contribution in [3.8, 4) is 0 Å². The van der Waals surface area contributed by atoms with Crippen molar-refractivity contribution in [3.05, 3.63) is 0 Å². The summed E-state index contributed by atoms with van der Waals surface area (Å²) >= 11 is 0. The average molecular weight is 297 g/mol. The van der Waals surface area contributed by atoms with Gasteiger partial charge in [-0.15, -0.1) is 0 Å². The second kappa shape index (κ2) is 11.0. The molecule has 0 spiro atoms. The number of piperazine rings is 1. The van der Waals surface area contributed by atoms with Crippen LogP contribution in [0.4, 0.5) is 0 Å². The van der Waals surface area contributed by atoms with Gasteiger partial charge in [-0.25, -0.2) is 0 Å². The van der Waals surface area contributed by atoms with Crippen molar-refractivity contribution in [2.45, 2.75) is 71.3 Å². The van der Waals surface area contributed by atoms with Gasteiger partial charge in [-0.1, -0.05) is 46.0 Å². The van der Waals surface area contributed by atoms with Crippen molar-refractivity contribution in [1.82, 2.24) is 9.80 Å². The van der Waals surface area contributed by atoms with E-state index < -0.39 is 0 Å². The van der Waals surface area contributed by atoms with Crippen molar-refractivity contribution in [2.24, 2.45) is 5.73 Å². The van der Waals surface area contributed by atoms with Gasteiger partial charge in [0, 0.05) is 45.2 Å². The first-order valence-electron chi connectivity index (χ1n) is 8.94. The third-order valence-electron chi connectivity index (χ3n) is 4.67. The van der Waals surface area contributed by atoms with Gasteiger partial charge in [-0.3, -0.25) is 9.69 Å². The largest absolute Gasteiger partial charge is 0.340 e. The molecule has 0 aromatic carbocycles. The predicted molar refractivity (Wildman–Crippen MR) is 89.3 cm³/mol. The maximum Gasteiger partial charge on any atom is 0.222 e. The SMILES string of the molecule is CCCCCCCCC(=O)N1CCN(C(CC)CN)CC1. The molecule has 0 radical (unpaired) electrons. The zero-order valence-electron chi connectivity index (χ0n) is 14.1. The quantitative estimate of drug-likeness (QED) is 0.631. The molecule has 1 aliphatic heterocycles. The smallest absolute Gasteiger partial charge is 0.222 e. The highest BCUT2D eigenvalue weighted by molar-refractivity contribution is 5.76. The van der Waals surface area contributed by atoms with E-state index in [1.165, 1.54) is 32.1 Å². The molecular formula is C17H35N3O. The summed E-state index contributed by atoms with van der Waals surface area (Å²) in [5.41, 5.74) is 5.80. The molecule has 0 aromatic heterocycles. The Kier molecular flexibility index (Phi) is 9.68. The molecule has 1 fully saturated rings. The maximum absolute atomic E-state index is 12.2. The fourth-order valence-corrected chi connectivity index (χ4v) is 3.13. The highest BCUT2D eigenvalue weighted by Crippen LogP contribution is 2.12. The lowest BCUT2D eigenvalue weighted by molar-refractivity contribution is -0.133. The molecule has 1 atom stereocenters. The topological polar surface area (TPSA) is 49.6 Å². The molecule has 1 heterocycles. The molecule has 124 valence electrons. The Labute approximate surface area is 131 Å². The summed E-state index contributed by atoms with van der Waals surface area (Å²) in [6.45, 7) is 8.87. The summed E-state index contributed by atoms with van der Waals surface area (Å²) in [7, 11) is 0. The van der Waals surface area contributed by atoms with Crippen LogP contribution in [-0.2, 0) is 4.79 Å². The van der Waals surface area contributed by atoms with Crippen LogP contribution in [0.25, 0.3) is 0 Å². The van der Waals surface area contributed by atoms with Crippen LogP contribution in [0.1, 0.15) is 65.2 Å². The van der Waals surface area contributed by atoms with Gasteiger partial charge in [0.05, 0.1) is 0 Å². The third kappa shape index (κ3) is 6.79. The lowest BCUT2D eigenvalue weighted by Crippen LogP contribution is -2.53. The number of hydrogen-bond donors (Lipinski definition) is 1. The first kappa shape index (κ1) is 18.4. The molecule has 4 heteroatoms. The predicted octanol–water partition coefficient (Wildman–Crippen LogP) is 2.62. The molecule has 0 aromatic rings. The van der Waals surface area contributed by atoms with E-state index in [0.717, 1.165) is 52.0 Å². The van der Waals surface area contributed by atoms with E-state index in [2.05, 4.69) is 18.7 Å². The first-order valence-corrected chi connectivity index (χ1v) is 8.94. The second-order valence-corrected chi connectivity index (χ2v) is 6.23.